The van der Waals surface area contributed by atoms with Gasteiger partial charge in [-0.25, -0.2) is 13.8 Å². The van der Waals surface area contributed by atoms with E-state index in [-0.39, 0.29) is 17.0 Å². The lowest BCUT2D eigenvalue weighted by Crippen LogP contribution is -2.40. The fraction of sp³-hybridized carbons (Fsp3) is 0.316. The molecule has 0 atom stereocenters. The molecule has 1 fully saturated rings. The Morgan fingerprint density at radius 3 is 2.53 bits per heavy atom. The van der Waals surface area contributed by atoms with Crippen LogP contribution in [-0.2, 0) is 19.6 Å². The number of hydrogen-bond acceptors (Lipinski definition) is 7. The summed E-state index contributed by atoms with van der Waals surface area (Å²) < 4.78 is 31.7. The van der Waals surface area contributed by atoms with E-state index < -0.39 is 21.8 Å². The number of rotatable bonds is 7. The number of ether oxygens (including phenoxy) is 1. The lowest BCUT2D eigenvalue weighted by atomic mass is 10.2. The van der Waals surface area contributed by atoms with Crippen molar-refractivity contribution in [3.05, 3.63) is 51.7 Å². The molecule has 9 nitrogen and oxygen atoms in total. The highest BCUT2D eigenvalue weighted by molar-refractivity contribution is 7.89. The third-order valence-corrected chi connectivity index (χ3v) is 7.27. The molecule has 2 heterocycles. The summed E-state index contributed by atoms with van der Waals surface area (Å²) >= 11 is 1.51. The van der Waals surface area contributed by atoms with Crippen LogP contribution in [0.4, 0.5) is 0 Å². The van der Waals surface area contributed by atoms with Gasteiger partial charge < -0.3 is 10.1 Å². The monoisotopic (exact) mass is 450 g/mol. The number of nitrogens with one attached hydrogen (secondary N) is 2. The van der Waals surface area contributed by atoms with Crippen molar-refractivity contribution in [2.24, 2.45) is 5.10 Å². The SMILES string of the molecule is Cc1ccsc1/C=N\NC(=O)CNC(=O)c1ccc(S(=O)(=O)N2CCOCC2)cc1. The number of thiophene rings is 1. The van der Waals surface area contributed by atoms with Gasteiger partial charge in [0.25, 0.3) is 11.8 Å². The standard InChI is InChI=1S/C19H22N4O5S2/c1-14-6-11-29-17(14)12-21-22-18(24)13-20-19(25)15-2-4-16(5-3-15)30(26,27)23-7-9-28-10-8-23/h2-6,11-12H,7-10,13H2,1H3,(H,20,25)(H,22,24)/b21-12-. The molecule has 1 aliphatic rings. The van der Waals surface area contributed by atoms with Gasteiger partial charge in [-0.3, -0.25) is 9.59 Å². The van der Waals surface area contributed by atoms with Crippen molar-refractivity contribution in [3.63, 3.8) is 0 Å². The molecule has 1 saturated heterocycles. The molecule has 2 amide bonds. The van der Waals surface area contributed by atoms with E-state index in [0.717, 1.165) is 10.4 Å². The van der Waals surface area contributed by atoms with Gasteiger partial charge in [0.05, 0.1) is 30.9 Å². The third-order valence-electron chi connectivity index (χ3n) is 4.41. The highest BCUT2D eigenvalue weighted by Crippen LogP contribution is 2.17. The van der Waals surface area contributed by atoms with Crippen LogP contribution in [0, 0.1) is 6.92 Å². The lowest BCUT2D eigenvalue weighted by molar-refractivity contribution is -0.120. The summed E-state index contributed by atoms with van der Waals surface area (Å²) in [5, 5.41) is 8.27. The topological polar surface area (TPSA) is 117 Å². The number of morpholine rings is 1. The van der Waals surface area contributed by atoms with Gasteiger partial charge in [-0.15, -0.1) is 11.3 Å². The van der Waals surface area contributed by atoms with Crippen LogP contribution in [0.25, 0.3) is 0 Å². The predicted molar refractivity (Wildman–Crippen MR) is 113 cm³/mol. The van der Waals surface area contributed by atoms with Crippen LogP contribution >= 0.6 is 11.3 Å². The molecule has 1 aliphatic heterocycles. The normalized spacial score (nSPS) is 15.2. The maximum Gasteiger partial charge on any atom is 0.259 e. The molecule has 2 aromatic rings. The van der Waals surface area contributed by atoms with Crippen LogP contribution in [0.1, 0.15) is 20.8 Å². The summed E-state index contributed by atoms with van der Waals surface area (Å²) in [6.45, 7) is 3.00. The zero-order chi connectivity index (χ0) is 21.6. The Balaban J connectivity index is 1.51. The molecule has 1 aromatic carbocycles. The molecule has 2 N–H and O–H groups in total. The minimum atomic E-state index is -3.62. The molecule has 0 aliphatic carbocycles. The van der Waals surface area contributed by atoms with Crippen LogP contribution in [0.15, 0.2) is 45.7 Å². The Kier molecular flexibility index (Phi) is 7.32. The maximum absolute atomic E-state index is 12.6. The van der Waals surface area contributed by atoms with Gasteiger partial charge in [-0.05, 0) is 48.2 Å². The first kappa shape index (κ1) is 22.1. The Labute approximate surface area is 178 Å². The van der Waals surface area contributed by atoms with E-state index >= 15 is 0 Å². The van der Waals surface area contributed by atoms with E-state index in [4.69, 9.17) is 4.74 Å². The van der Waals surface area contributed by atoms with Crippen molar-refractivity contribution in [2.45, 2.75) is 11.8 Å². The molecular weight excluding hydrogens is 428 g/mol. The first-order valence-electron chi connectivity index (χ1n) is 9.20. The second-order valence-electron chi connectivity index (χ2n) is 6.48. The van der Waals surface area contributed by atoms with Crippen molar-refractivity contribution >= 4 is 39.4 Å². The fourth-order valence-corrected chi connectivity index (χ4v) is 4.89. The zero-order valence-corrected chi connectivity index (χ0v) is 18.0. The van der Waals surface area contributed by atoms with E-state index in [1.807, 2.05) is 18.4 Å². The summed E-state index contributed by atoms with van der Waals surface area (Å²) in [7, 11) is -3.62. The van der Waals surface area contributed by atoms with Gasteiger partial charge in [0.1, 0.15) is 0 Å². The zero-order valence-electron chi connectivity index (χ0n) is 16.3. The highest BCUT2D eigenvalue weighted by atomic mass is 32.2. The second kappa shape index (κ2) is 9.94. The number of sulfonamides is 1. The van der Waals surface area contributed by atoms with Gasteiger partial charge in [-0.1, -0.05) is 0 Å². The maximum atomic E-state index is 12.6. The van der Waals surface area contributed by atoms with Crippen LogP contribution in [-0.4, -0.2) is 63.6 Å². The van der Waals surface area contributed by atoms with E-state index in [0.29, 0.717) is 26.3 Å². The smallest absolute Gasteiger partial charge is 0.259 e. The number of amides is 2. The van der Waals surface area contributed by atoms with Crippen molar-refractivity contribution < 1.29 is 22.7 Å². The van der Waals surface area contributed by atoms with Gasteiger partial charge in [0, 0.05) is 23.5 Å². The minimum absolute atomic E-state index is 0.108. The van der Waals surface area contributed by atoms with Crippen molar-refractivity contribution in [1.82, 2.24) is 15.0 Å². The quantitative estimate of drug-likeness (QED) is 0.481. The Bertz CT molecular complexity index is 1030. The highest BCUT2D eigenvalue weighted by Gasteiger charge is 2.26. The van der Waals surface area contributed by atoms with Crippen molar-refractivity contribution in [1.29, 1.82) is 0 Å². The van der Waals surface area contributed by atoms with Crippen molar-refractivity contribution in [2.75, 3.05) is 32.8 Å². The van der Waals surface area contributed by atoms with Crippen LogP contribution in [0.3, 0.4) is 0 Å². The van der Waals surface area contributed by atoms with E-state index in [2.05, 4.69) is 15.8 Å². The number of aryl methyl sites for hydroxylation is 1. The average molecular weight is 451 g/mol. The van der Waals surface area contributed by atoms with Gasteiger partial charge in [0.15, 0.2) is 0 Å². The van der Waals surface area contributed by atoms with Crippen LogP contribution in [0.5, 0.6) is 0 Å². The Morgan fingerprint density at radius 1 is 1.20 bits per heavy atom. The van der Waals surface area contributed by atoms with Gasteiger partial charge in [0.2, 0.25) is 10.0 Å². The molecule has 11 heteroatoms. The van der Waals surface area contributed by atoms with Gasteiger partial charge >= 0.3 is 0 Å². The summed E-state index contributed by atoms with van der Waals surface area (Å²) in [5.74, 6) is -0.959. The van der Waals surface area contributed by atoms with E-state index in [1.54, 1.807) is 6.21 Å². The number of carbonyl (C=O) groups is 2. The minimum Gasteiger partial charge on any atom is -0.379 e. The third kappa shape index (κ3) is 5.51. The summed E-state index contributed by atoms with van der Waals surface area (Å²) in [6, 6.07) is 7.54. The Hall–Kier alpha value is -2.60. The van der Waals surface area contributed by atoms with Gasteiger partial charge in [-0.2, -0.15) is 9.41 Å². The summed E-state index contributed by atoms with van der Waals surface area (Å²) in [5.41, 5.74) is 3.66. The second-order valence-corrected chi connectivity index (χ2v) is 9.37. The number of carbonyl (C=O) groups excluding carboxylic acids is 2. The first-order valence-corrected chi connectivity index (χ1v) is 11.5. The van der Waals surface area contributed by atoms with Crippen LogP contribution < -0.4 is 10.7 Å². The summed E-state index contributed by atoms with van der Waals surface area (Å²) in [4.78, 5) is 25.1. The number of hydrogen-bond donors (Lipinski definition) is 2. The largest absolute Gasteiger partial charge is 0.379 e. The molecular formula is C19H22N4O5S2. The van der Waals surface area contributed by atoms with Crippen molar-refractivity contribution in [3.8, 4) is 0 Å². The number of benzene rings is 1. The average Bonchev–Trinajstić information content (AvgIpc) is 3.17. The van der Waals surface area contributed by atoms with E-state index in [1.165, 1.54) is 39.9 Å². The fourth-order valence-electron chi connectivity index (χ4n) is 2.70. The van der Waals surface area contributed by atoms with Crippen LogP contribution in [0.2, 0.25) is 0 Å². The molecule has 30 heavy (non-hydrogen) atoms. The summed E-state index contributed by atoms with van der Waals surface area (Å²) in [6.07, 6.45) is 1.55. The molecule has 1 aromatic heterocycles. The molecule has 160 valence electrons. The first-order chi connectivity index (χ1) is 14.4. The molecule has 0 radical (unpaired) electrons. The molecule has 3 rings (SSSR count). The molecule has 0 unspecified atom stereocenters. The predicted octanol–water partition coefficient (Wildman–Crippen LogP) is 0.958. The molecule has 0 spiro atoms. The molecule has 0 saturated carbocycles. The number of hydrazone groups is 1. The molecule has 0 bridgehead atoms. The lowest BCUT2D eigenvalue weighted by Gasteiger charge is -2.26. The number of nitrogens with zero attached hydrogens (tertiary/aromatic N) is 2. The Morgan fingerprint density at radius 2 is 1.90 bits per heavy atom. The van der Waals surface area contributed by atoms with E-state index in [9.17, 15) is 18.0 Å².